The summed E-state index contributed by atoms with van der Waals surface area (Å²) in [6, 6.07) is 0. The van der Waals surface area contributed by atoms with Crippen LogP contribution in [0.1, 0.15) is 69.2 Å². The molecule has 0 saturated carbocycles. The van der Waals surface area contributed by atoms with Crippen molar-refractivity contribution in [1.82, 2.24) is 16.0 Å². The van der Waals surface area contributed by atoms with Gasteiger partial charge in [-0.2, -0.15) is 0 Å². The first-order valence-electron chi connectivity index (χ1n) is 22.8. The third kappa shape index (κ3) is 16.1. The molecule has 0 aromatic rings. The average Bonchev–Trinajstić information content (AvgIpc) is 3.99. The Kier molecular flexibility index (Phi) is 21.4. The topological polar surface area (TPSA) is 410 Å². The number of azide groups is 1. The van der Waals surface area contributed by atoms with E-state index in [1.807, 2.05) is 0 Å². The molecule has 0 bridgehead atoms. The summed E-state index contributed by atoms with van der Waals surface area (Å²) in [6.45, 7) is 8.80. The minimum absolute atomic E-state index is 0.460. The predicted molar refractivity (Wildman–Crippen MR) is 233 cm³/mol. The van der Waals surface area contributed by atoms with Crippen molar-refractivity contribution < 1.29 is 119 Å². The van der Waals surface area contributed by atoms with E-state index in [0.717, 1.165) is 55.4 Å². The van der Waals surface area contributed by atoms with E-state index in [1.54, 1.807) is 13.8 Å². The van der Waals surface area contributed by atoms with Crippen molar-refractivity contribution in [2.24, 2.45) is 5.11 Å². The fourth-order valence-electron chi connectivity index (χ4n) is 8.31. The van der Waals surface area contributed by atoms with Crippen LogP contribution in [0.25, 0.3) is 10.4 Å². The van der Waals surface area contributed by atoms with Crippen LogP contribution in [-0.2, 0) is 119 Å². The summed E-state index contributed by atoms with van der Waals surface area (Å²) in [7, 11) is 0. The first kappa shape index (κ1) is 59.4. The Hall–Kier alpha value is -7.21. The molecule has 0 spiro atoms. The van der Waals surface area contributed by atoms with Crippen LogP contribution in [0.15, 0.2) is 5.11 Å². The van der Waals surface area contributed by atoms with Gasteiger partial charge < -0.3 is 77.5 Å². The molecule has 4 heterocycles. The molecule has 0 aromatic heterocycles. The summed E-state index contributed by atoms with van der Waals surface area (Å²) in [4.78, 5) is 155. The molecule has 31 heteroatoms. The lowest BCUT2D eigenvalue weighted by atomic mass is 10.0. The van der Waals surface area contributed by atoms with E-state index < -0.39 is 201 Å². The highest BCUT2D eigenvalue weighted by Crippen LogP contribution is 2.33. The molecule has 4 rings (SSSR count). The van der Waals surface area contributed by atoms with Gasteiger partial charge in [-0.05, 0) is 19.4 Å². The van der Waals surface area contributed by atoms with Crippen molar-refractivity contribution >= 4 is 71.4 Å². The molecule has 4 fully saturated rings. The first-order chi connectivity index (χ1) is 34.7. The summed E-state index contributed by atoms with van der Waals surface area (Å²) in [5.74, 6) is -11.5. The molecule has 4 aliphatic rings. The van der Waals surface area contributed by atoms with Gasteiger partial charge in [-0.15, -0.1) is 0 Å². The zero-order valence-electron chi connectivity index (χ0n) is 41.7. The van der Waals surface area contributed by atoms with Crippen LogP contribution < -0.4 is 16.0 Å². The molecule has 3 amide bonds. The van der Waals surface area contributed by atoms with Gasteiger partial charge in [0.15, 0.2) is 73.2 Å². The summed E-state index contributed by atoms with van der Waals surface area (Å²) >= 11 is 0. The van der Waals surface area contributed by atoms with E-state index in [4.69, 9.17) is 67.1 Å². The van der Waals surface area contributed by atoms with Gasteiger partial charge in [-0.3, -0.25) is 52.7 Å². The Morgan fingerprint density at radius 1 is 0.419 bits per heavy atom. The highest BCUT2D eigenvalue weighted by Gasteiger charge is 2.57. The van der Waals surface area contributed by atoms with Crippen LogP contribution in [0, 0.1) is 0 Å². The van der Waals surface area contributed by atoms with Crippen molar-refractivity contribution in [3.05, 3.63) is 10.4 Å². The van der Waals surface area contributed by atoms with Gasteiger partial charge in [0.25, 0.3) is 17.7 Å². The summed E-state index contributed by atoms with van der Waals surface area (Å²) in [6.07, 6.45) is -25.8. The maximum absolute atomic E-state index is 14.1. The second-order valence-corrected chi connectivity index (χ2v) is 17.1. The molecule has 16 atom stereocenters. The van der Waals surface area contributed by atoms with Gasteiger partial charge in [-0.25, -0.2) is 4.79 Å². The van der Waals surface area contributed by atoms with Crippen molar-refractivity contribution in [1.29, 1.82) is 0 Å². The molecule has 0 unspecified atom stereocenters. The second-order valence-electron chi connectivity index (χ2n) is 17.1. The fourth-order valence-corrected chi connectivity index (χ4v) is 8.31. The lowest BCUT2D eigenvalue weighted by Crippen LogP contribution is -2.50. The van der Waals surface area contributed by atoms with Gasteiger partial charge in [0, 0.05) is 79.9 Å². The Morgan fingerprint density at radius 3 is 0.932 bits per heavy atom. The van der Waals surface area contributed by atoms with Gasteiger partial charge in [0.1, 0.15) is 24.4 Å². The van der Waals surface area contributed by atoms with Crippen LogP contribution in [0.4, 0.5) is 0 Å². The molecule has 0 radical (unpaired) electrons. The minimum Gasteiger partial charge on any atom is -0.461 e. The number of rotatable bonds is 21. The lowest BCUT2D eigenvalue weighted by Gasteiger charge is -2.25. The molecule has 0 aliphatic carbocycles. The average molecular weight is 1060 g/mol. The van der Waals surface area contributed by atoms with Crippen molar-refractivity contribution in [2.75, 3.05) is 26.2 Å². The highest BCUT2D eigenvalue weighted by atomic mass is 16.7. The smallest absolute Gasteiger partial charge is 0.339 e. The monoisotopic (exact) mass is 1060 g/mol. The Bertz CT molecular complexity index is 2220. The van der Waals surface area contributed by atoms with Gasteiger partial charge in [0.05, 0.1) is 12.6 Å². The Balaban J connectivity index is 1.56. The molecular weight excluding hydrogens is 1000 g/mol. The lowest BCUT2D eigenvalue weighted by molar-refractivity contribution is -0.172. The maximum Gasteiger partial charge on any atom is 0.339 e. The summed E-state index contributed by atoms with van der Waals surface area (Å²) in [5.41, 5.74) is 8.88. The molecule has 410 valence electrons. The third-order valence-electron chi connectivity index (χ3n) is 10.8. The molecule has 4 saturated heterocycles. The standard InChI is InChI=1S/C43H58N6O25/c1-15(2)62-43(61)39-35(70-23(10)57)30(65-18(5)52)26(74-39)13-47-41(59)37-33(68-21(8)55)28(63-16(3)50)24(72-37)11-45-40(58)36-32(67-20(7)54)29(64-17(4)51)25(71-36)12-46-42(60)38-34(69-22(9)56)31(66-19(6)53)27(73-38)14-48-49-44/h15,24-39H,11-14H2,1-10H3,(H,45,58)(H,46,60)(H,47,59)/t24-,25-,26-,27-,28-,29-,30-,31-,32+,33+,34+,35+,36-,37-,38-,39-/m1/s1. The zero-order valence-corrected chi connectivity index (χ0v) is 41.7. The predicted octanol–water partition coefficient (Wildman–Crippen LogP) is -2.88. The minimum atomic E-state index is -1.84. The largest absolute Gasteiger partial charge is 0.461 e. The number of carbonyl (C=O) groups excluding carboxylic acids is 12. The molecule has 3 N–H and O–H groups in total. The van der Waals surface area contributed by atoms with Crippen LogP contribution in [0.2, 0.25) is 0 Å². The Morgan fingerprint density at radius 2 is 0.662 bits per heavy atom. The van der Waals surface area contributed by atoms with E-state index >= 15 is 0 Å². The molecule has 31 nitrogen and oxygen atoms in total. The molecular formula is C43H58N6O25. The van der Waals surface area contributed by atoms with Crippen LogP contribution in [0.5, 0.6) is 0 Å². The molecule has 0 aromatic carbocycles. The number of nitrogens with one attached hydrogen (secondary N) is 3. The second kappa shape index (κ2) is 26.7. The van der Waals surface area contributed by atoms with Crippen molar-refractivity contribution in [3.63, 3.8) is 0 Å². The van der Waals surface area contributed by atoms with Crippen LogP contribution in [0.3, 0.4) is 0 Å². The fraction of sp³-hybridized carbons (Fsp3) is 0.721. The number of nitrogens with zero attached hydrogens (tertiary/aromatic N) is 3. The number of esters is 9. The number of amides is 3. The van der Waals surface area contributed by atoms with Crippen LogP contribution >= 0.6 is 0 Å². The third-order valence-corrected chi connectivity index (χ3v) is 10.8. The van der Waals surface area contributed by atoms with Crippen molar-refractivity contribution in [3.8, 4) is 0 Å². The van der Waals surface area contributed by atoms with E-state index in [0.29, 0.717) is 0 Å². The normalized spacial score (nSPS) is 30.8. The maximum atomic E-state index is 14.1. The Labute approximate surface area is 420 Å². The van der Waals surface area contributed by atoms with E-state index in [9.17, 15) is 57.5 Å². The SMILES string of the molecule is CC(=O)O[C@H]1[C@H](OC(C)=O)[C@H](C(=O)NC[C@H]2O[C@@H](C(=O)NC[C@H]3O[C@@H](C(=O)NC[C@H]4O[C@@H](C(=O)OC(C)C)[C@@H](OC(C)=O)[C@@H]4OC(C)=O)[C@@H](OC(C)=O)[C@@H]3OC(C)=O)[C@@H](OC(C)=O)[C@@H]2OC(C)=O)O[C@@H]1CN=[N+]=[N-]. The van der Waals surface area contributed by atoms with Crippen molar-refractivity contribution in [2.45, 2.75) is 173 Å². The summed E-state index contributed by atoms with van der Waals surface area (Å²) in [5, 5.41) is 10.8. The van der Waals surface area contributed by atoms with E-state index in [1.165, 1.54) is 0 Å². The van der Waals surface area contributed by atoms with Crippen LogP contribution in [-0.4, -0.2) is 201 Å². The van der Waals surface area contributed by atoms with Gasteiger partial charge >= 0.3 is 53.7 Å². The number of hydrogen-bond acceptors (Lipinski definition) is 26. The number of carbonyl (C=O) groups is 12. The van der Waals surface area contributed by atoms with Gasteiger partial charge in [0.2, 0.25) is 0 Å². The number of hydrogen-bond donors (Lipinski definition) is 3. The number of ether oxygens (including phenoxy) is 13. The molecule has 4 aliphatic heterocycles. The first-order valence-corrected chi connectivity index (χ1v) is 22.8. The highest BCUT2D eigenvalue weighted by molar-refractivity contribution is 5.85. The van der Waals surface area contributed by atoms with E-state index in [2.05, 4.69) is 26.0 Å². The van der Waals surface area contributed by atoms with E-state index in [-0.39, 0.29) is 0 Å². The van der Waals surface area contributed by atoms with Gasteiger partial charge in [-0.1, -0.05) is 5.11 Å². The summed E-state index contributed by atoms with van der Waals surface area (Å²) < 4.78 is 71.4. The molecule has 74 heavy (non-hydrogen) atoms. The quantitative estimate of drug-likeness (QED) is 0.0342. The zero-order chi connectivity index (χ0) is 55.3.